The van der Waals surface area contributed by atoms with E-state index in [0.29, 0.717) is 30.7 Å². The van der Waals surface area contributed by atoms with E-state index < -0.39 is 30.1 Å². The first-order valence-corrected chi connectivity index (χ1v) is 10.9. The topological polar surface area (TPSA) is 102 Å². The second kappa shape index (κ2) is 7.86. The number of ether oxygens (including phenoxy) is 1. The van der Waals surface area contributed by atoms with Gasteiger partial charge >= 0.3 is 6.18 Å². The van der Waals surface area contributed by atoms with Crippen LogP contribution >= 0.6 is 0 Å². The Balaban J connectivity index is 1.45. The maximum absolute atomic E-state index is 13.9. The minimum atomic E-state index is -4.61. The van der Waals surface area contributed by atoms with Gasteiger partial charge in [0, 0.05) is 19.2 Å². The molecule has 5 rings (SSSR count). The third kappa shape index (κ3) is 4.00. The van der Waals surface area contributed by atoms with Gasteiger partial charge in [-0.1, -0.05) is 5.16 Å². The SMILES string of the molecule is Cc1noc(C)c1C(=O)CN1c2nc(NC[C@H]3OC[C@@H]4CC43)cc(=O)n2CC[C@H]1C(F)(F)F. The van der Waals surface area contributed by atoms with E-state index in [2.05, 4.69) is 15.5 Å². The molecule has 0 aromatic carbocycles. The molecule has 3 aliphatic rings. The van der Waals surface area contributed by atoms with Crippen LogP contribution in [0.4, 0.5) is 24.9 Å². The number of aryl methyl sites for hydroxylation is 2. The lowest BCUT2D eigenvalue weighted by Gasteiger charge is -2.38. The van der Waals surface area contributed by atoms with Crippen LogP contribution in [0, 0.1) is 25.7 Å². The lowest BCUT2D eigenvalue weighted by Crippen LogP contribution is -2.54. The van der Waals surface area contributed by atoms with Crippen LogP contribution in [0.2, 0.25) is 0 Å². The van der Waals surface area contributed by atoms with Gasteiger partial charge in [0.1, 0.15) is 17.6 Å². The molecule has 12 heteroatoms. The van der Waals surface area contributed by atoms with Gasteiger partial charge in [-0.2, -0.15) is 18.2 Å². The summed E-state index contributed by atoms with van der Waals surface area (Å²) in [4.78, 5) is 30.9. The number of carbonyl (C=O) groups excluding carboxylic acids is 1. The van der Waals surface area contributed by atoms with Crippen molar-refractivity contribution in [2.45, 2.75) is 51.6 Å². The predicted molar refractivity (Wildman–Crippen MR) is 110 cm³/mol. The second-order valence-electron chi connectivity index (χ2n) is 8.94. The second-order valence-corrected chi connectivity index (χ2v) is 8.94. The van der Waals surface area contributed by atoms with Crippen molar-refractivity contribution in [2.24, 2.45) is 11.8 Å². The van der Waals surface area contributed by atoms with Crippen molar-refractivity contribution in [3.63, 3.8) is 0 Å². The van der Waals surface area contributed by atoms with Gasteiger partial charge in [0.25, 0.3) is 5.56 Å². The molecule has 0 bridgehead atoms. The number of nitrogens with one attached hydrogen (secondary N) is 1. The first-order chi connectivity index (χ1) is 15.6. The molecule has 2 fully saturated rings. The summed E-state index contributed by atoms with van der Waals surface area (Å²) in [6.45, 7) is 3.45. The van der Waals surface area contributed by atoms with Gasteiger partial charge in [-0.15, -0.1) is 0 Å². The lowest BCUT2D eigenvalue weighted by atomic mass is 10.1. The third-order valence-corrected chi connectivity index (χ3v) is 6.71. The molecule has 178 valence electrons. The van der Waals surface area contributed by atoms with E-state index in [1.54, 1.807) is 6.92 Å². The molecule has 1 N–H and O–H groups in total. The molecule has 0 spiro atoms. The number of alkyl halides is 3. The number of hydrogen-bond acceptors (Lipinski definition) is 8. The number of halogens is 3. The number of ketones is 1. The van der Waals surface area contributed by atoms with Crippen LogP contribution in [0.25, 0.3) is 0 Å². The van der Waals surface area contributed by atoms with Crippen LogP contribution in [0.3, 0.4) is 0 Å². The summed E-state index contributed by atoms with van der Waals surface area (Å²) < 4.78 is 53.6. The first kappa shape index (κ1) is 21.9. The largest absolute Gasteiger partial charge is 0.408 e. The monoisotopic (exact) mass is 467 g/mol. The smallest absolute Gasteiger partial charge is 0.376 e. The molecule has 33 heavy (non-hydrogen) atoms. The number of carbonyl (C=O) groups is 1. The first-order valence-electron chi connectivity index (χ1n) is 10.9. The Hall–Kier alpha value is -2.89. The zero-order valence-corrected chi connectivity index (χ0v) is 18.2. The Kier molecular flexibility index (Phi) is 5.22. The van der Waals surface area contributed by atoms with Crippen LogP contribution in [0.1, 0.15) is 34.7 Å². The molecule has 0 radical (unpaired) electrons. The highest BCUT2D eigenvalue weighted by Gasteiger charge is 2.49. The van der Waals surface area contributed by atoms with Crippen molar-refractivity contribution < 1.29 is 27.2 Å². The number of fused-ring (bicyclic) bond motifs is 2. The molecule has 1 saturated carbocycles. The Morgan fingerprint density at radius 2 is 2.12 bits per heavy atom. The summed E-state index contributed by atoms with van der Waals surface area (Å²) in [7, 11) is 0. The fourth-order valence-electron chi connectivity index (χ4n) is 4.90. The van der Waals surface area contributed by atoms with Gasteiger partial charge in [0.05, 0.1) is 30.5 Å². The minimum absolute atomic E-state index is 0.00395. The van der Waals surface area contributed by atoms with E-state index in [0.717, 1.165) is 11.3 Å². The van der Waals surface area contributed by atoms with E-state index in [4.69, 9.17) is 9.26 Å². The van der Waals surface area contributed by atoms with Crippen molar-refractivity contribution in [1.29, 1.82) is 0 Å². The Bertz CT molecular complexity index is 1120. The van der Waals surface area contributed by atoms with Crippen molar-refractivity contribution >= 4 is 17.5 Å². The van der Waals surface area contributed by atoms with Crippen LogP contribution in [-0.4, -0.2) is 58.5 Å². The molecule has 9 nitrogen and oxygen atoms in total. The molecule has 1 unspecified atom stereocenters. The molecule has 1 saturated heterocycles. The molecule has 2 aromatic rings. The molecular weight excluding hydrogens is 443 g/mol. The fourth-order valence-corrected chi connectivity index (χ4v) is 4.90. The molecule has 0 amide bonds. The maximum atomic E-state index is 13.9. The molecule has 2 aliphatic heterocycles. The summed E-state index contributed by atoms with van der Waals surface area (Å²) in [6, 6.07) is -0.681. The number of rotatable bonds is 6. The van der Waals surface area contributed by atoms with E-state index >= 15 is 0 Å². The lowest BCUT2D eigenvalue weighted by molar-refractivity contribution is -0.152. The highest BCUT2D eigenvalue weighted by molar-refractivity contribution is 6.00. The van der Waals surface area contributed by atoms with Crippen molar-refractivity contribution in [2.75, 3.05) is 29.9 Å². The van der Waals surface area contributed by atoms with Crippen LogP contribution < -0.4 is 15.8 Å². The van der Waals surface area contributed by atoms with E-state index in [1.807, 2.05) is 0 Å². The molecular formula is C21H24F3N5O4. The average Bonchev–Trinajstić information content (AvgIpc) is 3.29. The summed E-state index contributed by atoms with van der Waals surface area (Å²) in [5.74, 6) is 0.689. The minimum Gasteiger partial charge on any atom is -0.376 e. The zero-order valence-electron chi connectivity index (χ0n) is 18.2. The number of Topliss-reactive ketones (excluding diaryl/α,β-unsaturated/α-hetero) is 1. The predicted octanol–water partition coefficient (Wildman–Crippen LogP) is 2.32. The summed E-state index contributed by atoms with van der Waals surface area (Å²) in [5.41, 5.74) is -0.0367. The number of aromatic nitrogens is 3. The molecule has 2 aromatic heterocycles. The van der Waals surface area contributed by atoms with Crippen LogP contribution in [0.5, 0.6) is 0 Å². The summed E-state index contributed by atoms with van der Waals surface area (Å²) in [5, 5.41) is 6.75. The van der Waals surface area contributed by atoms with Crippen LogP contribution in [-0.2, 0) is 11.3 Å². The number of hydrogen-bond donors (Lipinski definition) is 1. The Morgan fingerprint density at radius 3 is 2.73 bits per heavy atom. The van der Waals surface area contributed by atoms with Gasteiger partial charge in [0.2, 0.25) is 5.95 Å². The average molecular weight is 467 g/mol. The molecule has 4 heterocycles. The Morgan fingerprint density at radius 1 is 1.33 bits per heavy atom. The van der Waals surface area contributed by atoms with Gasteiger partial charge in [-0.3, -0.25) is 14.2 Å². The Labute approximate surface area is 186 Å². The van der Waals surface area contributed by atoms with E-state index in [1.165, 1.54) is 17.6 Å². The van der Waals surface area contributed by atoms with Gasteiger partial charge < -0.3 is 19.5 Å². The highest BCUT2D eigenvalue weighted by atomic mass is 19.4. The van der Waals surface area contributed by atoms with E-state index in [-0.39, 0.29) is 42.2 Å². The quantitative estimate of drug-likeness (QED) is 0.646. The normalized spacial score (nSPS) is 26.2. The van der Waals surface area contributed by atoms with Gasteiger partial charge in [-0.05, 0) is 38.5 Å². The third-order valence-electron chi connectivity index (χ3n) is 6.71. The van der Waals surface area contributed by atoms with Gasteiger partial charge in [-0.25, -0.2) is 0 Å². The van der Waals surface area contributed by atoms with Crippen molar-refractivity contribution in [1.82, 2.24) is 14.7 Å². The van der Waals surface area contributed by atoms with Crippen molar-refractivity contribution in [3.05, 3.63) is 33.4 Å². The maximum Gasteiger partial charge on any atom is 0.408 e. The van der Waals surface area contributed by atoms with E-state index in [9.17, 15) is 22.8 Å². The van der Waals surface area contributed by atoms with Crippen LogP contribution in [0.15, 0.2) is 15.4 Å². The standard InChI is InChI=1S/C21H24F3N5O4/c1-10-19(11(2)33-27-10)14(30)8-29-16(21(22,23)24)3-4-28-18(31)6-17(26-20(28)29)25-7-15-13-5-12(13)9-32-15/h6,12-13,15-16,25H,3-5,7-9H2,1-2H3/t12-,13?,15+,16-/m0/s1. The zero-order chi connectivity index (χ0) is 23.5. The molecule has 1 aliphatic carbocycles. The summed E-state index contributed by atoms with van der Waals surface area (Å²) in [6.07, 6.45) is -3.86. The highest BCUT2D eigenvalue weighted by Crippen LogP contribution is 2.48. The fraction of sp³-hybridized carbons (Fsp3) is 0.619. The number of nitrogens with zero attached hydrogens (tertiary/aromatic N) is 4. The summed E-state index contributed by atoms with van der Waals surface area (Å²) >= 11 is 0. The van der Waals surface area contributed by atoms with Gasteiger partial charge in [0.15, 0.2) is 5.78 Å². The van der Waals surface area contributed by atoms with Crippen molar-refractivity contribution in [3.8, 4) is 0 Å². The number of anilines is 2. The molecule has 4 atom stereocenters.